The molecule has 5 heteroatoms. The molecule has 1 aliphatic rings. The summed E-state index contributed by atoms with van der Waals surface area (Å²) >= 11 is 0. The molecule has 5 nitrogen and oxygen atoms in total. The Kier molecular flexibility index (Phi) is 8.21. The lowest BCUT2D eigenvalue weighted by atomic mass is 9.75. The van der Waals surface area contributed by atoms with Gasteiger partial charge < -0.3 is 9.84 Å². The van der Waals surface area contributed by atoms with Gasteiger partial charge >= 0.3 is 5.97 Å². The highest BCUT2D eigenvalue weighted by Crippen LogP contribution is 2.38. The standard InChI is InChI=1S/C29H32O5/c1-18-19(2)29(33)27(20(3)28(18)32)25(22-9-6-5-7-10-22)12-8-11-23(17-26(30)31)21-13-15-24(34-4)16-14-21/h5-7,9-10,13-16,23,25H,8,11-12,17H2,1-4H3,(H,30,31)/t23-,25?/m0/s1. The molecular formula is C29H32O5. The van der Waals surface area contributed by atoms with Crippen LogP contribution in [0.25, 0.3) is 0 Å². The smallest absolute Gasteiger partial charge is 0.303 e. The third-order valence-electron chi connectivity index (χ3n) is 6.84. The SMILES string of the molecule is COc1ccc([C@@H](CCCC(C2=C(C)C(=O)C(C)=C(C)C2=O)c2ccccc2)CC(=O)O)cc1. The number of allylic oxidation sites excluding steroid dienone is 4. The summed E-state index contributed by atoms with van der Waals surface area (Å²) in [6.07, 6.45) is 2.05. The number of methoxy groups -OCH3 is 1. The fourth-order valence-electron chi connectivity index (χ4n) is 4.74. The Bertz CT molecular complexity index is 1120. The lowest BCUT2D eigenvalue weighted by Gasteiger charge is -2.27. The maximum Gasteiger partial charge on any atom is 0.303 e. The molecule has 2 aromatic carbocycles. The Hall–Kier alpha value is -3.47. The van der Waals surface area contributed by atoms with Gasteiger partial charge in [-0.1, -0.05) is 48.9 Å². The maximum absolute atomic E-state index is 13.3. The van der Waals surface area contributed by atoms with E-state index in [0.29, 0.717) is 41.6 Å². The van der Waals surface area contributed by atoms with Gasteiger partial charge in [-0.3, -0.25) is 14.4 Å². The Morgan fingerprint density at radius 1 is 0.824 bits per heavy atom. The lowest BCUT2D eigenvalue weighted by molar-refractivity contribution is -0.137. The molecule has 2 aromatic rings. The molecule has 0 fully saturated rings. The second kappa shape index (κ2) is 11.1. The van der Waals surface area contributed by atoms with Crippen LogP contribution in [0, 0.1) is 0 Å². The Morgan fingerprint density at radius 3 is 2.03 bits per heavy atom. The molecule has 0 spiro atoms. The molecule has 178 valence electrons. The van der Waals surface area contributed by atoms with E-state index in [1.165, 1.54) is 0 Å². The summed E-state index contributed by atoms with van der Waals surface area (Å²) in [5.41, 5.74) is 4.04. The average molecular weight is 461 g/mol. The molecule has 0 saturated heterocycles. The Labute approximate surface area is 201 Å². The van der Waals surface area contributed by atoms with Crippen LogP contribution < -0.4 is 4.74 Å². The van der Waals surface area contributed by atoms with Crippen molar-refractivity contribution in [2.75, 3.05) is 7.11 Å². The minimum absolute atomic E-state index is 0.0303. The van der Waals surface area contributed by atoms with Gasteiger partial charge in [-0.05, 0) is 62.8 Å². The van der Waals surface area contributed by atoms with Gasteiger partial charge in [-0.25, -0.2) is 0 Å². The summed E-state index contributed by atoms with van der Waals surface area (Å²) in [5.74, 6) is -0.632. The van der Waals surface area contributed by atoms with Crippen molar-refractivity contribution in [1.29, 1.82) is 0 Å². The largest absolute Gasteiger partial charge is 0.497 e. The third-order valence-corrected chi connectivity index (χ3v) is 6.84. The topological polar surface area (TPSA) is 80.7 Å². The molecule has 3 rings (SSSR count). The van der Waals surface area contributed by atoms with Crippen molar-refractivity contribution < 1.29 is 24.2 Å². The molecule has 34 heavy (non-hydrogen) atoms. The van der Waals surface area contributed by atoms with Gasteiger partial charge in [-0.2, -0.15) is 0 Å². The Morgan fingerprint density at radius 2 is 1.44 bits per heavy atom. The van der Waals surface area contributed by atoms with E-state index in [1.54, 1.807) is 27.9 Å². The van der Waals surface area contributed by atoms with Crippen molar-refractivity contribution in [2.24, 2.45) is 0 Å². The van der Waals surface area contributed by atoms with Crippen LogP contribution in [0.2, 0.25) is 0 Å². The van der Waals surface area contributed by atoms with E-state index in [9.17, 15) is 19.5 Å². The van der Waals surface area contributed by atoms with Crippen LogP contribution in [0.4, 0.5) is 0 Å². The van der Waals surface area contributed by atoms with Crippen LogP contribution in [0.3, 0.4) is 0 Å². The van der Waals surface area contributed by atoms with Crippen LogP contribution in [0.15, 0.2) is 76.9 Å². The van der Waals surface area contributed by atoms with Gasteiger partial charge in [-0.15, -0.1) is 0 Å². The van der Waals surface area contributed by atoms with Gasteiger partial charge in [0.05, 0.1) is 13.5 Å². The first-order chi connectivity index (χ1) is 16.2. The third kappa shape index (κ3) is 5.53. The molecule has 0 amide bonds. The van der Waals surface area contributed by atoms with Gasteiger partial charge in [0.2, 0.25) is 0 Å². The number of aliphatic carboxylic acids is 1. The van der Waals surface area contributed by atoms with E-state index in [1.807, 2.05) is 54.6 Å². The van der Waals surface area contributed by atoms with Crippen molar-refractivity contribution in [3.63, 3.8) is 0 Å². The summed E-state index contributed by atoms with van der Waals surface area (Å²) < 4.78 is 5.22. The molecule has 0 aliphatic heterocycles. The molecular weight excluding hydrogens is 428 g/mol. The molecule has 0 saturated carbocycles. The van der Waals surface area contributed by atoms with Gasteiger partial charge in [0.1, 0.15) is 5.75 Å². The molecule has 2 atom stereocenters. The van der Waals surface area contributed by atoms with Gasteiger partial charge in [0, 0.05) is 28.2 Å². The number of carbonyl (C=O) groups excluding carboxylic acids is 2. The maximum atomic E-state index is 13.3. The van der Waals surface area contributed by atoms with E-state index in [2.05, 4.69) is 0 Å². The zero-order chi connectivity index (χ0) is 24.8. The normalized spacial score (nSPS) is 16.0. The minimum atomic E-state index is -0.844. The molecule has 0 radical (unpaired) electrons. The number of hydrogen-bond donors (Lipinski definition) is 1. The second-order valence-corrected chi connectivity index (χ2v) is 8.91. The van der Waals surface area contributed by atoms with Crippen LogP contribution in [-0.4, -0.2) is 29.8 Å². The quantitative estimate of drug-likeness (QED) is 0.439. The number of Topliss-reactive ketones (excluding diaryl/α,β-unsaturated/α-hetero) is 2. The molecule has 0 heterocycles. The highest BCUT2D eigenvalue weighted by molar-refractivity contribution is 6.25. The number of rotatable bonds is 10. The van der Waals surface area contributed by atoms with Crippen molar-refractivity contribution in [3.8, 4) is 5.75 Å². The predicted molar refractivity (Wildman–Crippen MR) is 132 cm³/mol. The zero-order valence-corrected chi connectivity index (χ0v) is 20.3. The summed E-state index contributed by atoms with van der Waals surface area (Å²) in [6.45, 7) is 5.17. The van der Waals surface area contributed by atoms with Gasteiger partial charge in [0.15, 0.2) is 11.6 Å². The highest BCUT2D eigenvalue weighted by Gasteiger charge is 2.33. The number of ketones is 2. The lowest BCUT2D eigenvalue weighted by Crippen LogP contribution is -2.24. The van der Waals surface area contributed by atoms with E-state index in [-0.39, 0.29) is 29.8 Å². The van der Waals surface area contributed by atoms with Crippen LogP contribution in [0.5, 0.6) is 5.75 Å². The van der Waals surface area contributed by atoms with Crippen LogP contribution in [0.1, 0.15) is 69.4 Å². The van der Waals surface area contributed by atoms with E-state index in [4.69, 9.17) is 4.74 Å². The highest BCUT2D eigenvalue weighted by atomic mass is 16.5. The van der Waals surface area contributed by atoms with Crippen molar-refractivity contribution in [3.05, 3.63) is 88.0 Å². The molecule has 0 aromatic heterocycles. The number of benzene rings is 2. The van der Waals surface area contributed by atoms with Crippen molar-refractivity contribution >= 4 is 17.5 Å². The Balaban J connectivity index is 1.86. The molecule has 1 aliphatic carbocycles. The fourth-order valence-corrected chi connectivity index (χ4v) is 4.74. The predicted octanol–water partition coefficient (Wildman–Crippen LogP) is 6.01. The van der Waals surface area contributed by atoms with Gasteiger partial charge in [0.25, 0.3) is 0 Å². The van der Waals surface area contributed by atoms with Crippen molar-refractivity contribution in [2.45, 2.75) is 58.3 Å². The number of ether oxygens (including phenoxy) is 1. The number of carboxylic acids is 1. The first-order valence-electron chi connectivity index (χ1n) is 11.6. The zero-order valence-electron chi connectivity index (χ0n) is 20.3. The monoisotopic (exact) mass is 460 g/mol. The molecule has 1 unspecified atom stereocenters. The number of hydrogen-bond acceptors (Lipinski definition) is 4. The van der Waals surface area contributed by atoms with Crippen LogP contribution >= 0.6 is 0 Å². The van der Waals surface area contributed by atoms with E-state index >= 15 is 0 Å². The van der Waals surface area contributed by atoms with Crippen molar-refractivity contribution in [1.82, 2.24) is 0 Å². The first kappa shape index (κ1) is 25.2. The average Bonchev–Trinajstić information content (AvgIpc) is 2.85. The number of carboxylic acid groups (broad SMARTS) is 1. The summed E-state index contributed by atoms with van der Waals surface area (Å²) in [6, 6.07) is 17.3. The fraction of sp³-hybridized carbons (Fsp3) is 0.345. The molecule has 0 bridgehead atoms. The minimum Gasteiger partial charge on any atom is -0.497 e. The summed E-state index contributed by atoms with van der Waals surface area (Å²) in [5, 5.41) is 9.47. The summed E-state index contributed by atoms with van der Waals surface area (Å²) in [4.78, 5) is 37.6. The van der Waals surface area contributed by atoms with E-state index < -0.39 is 5.97 Å². The number of carbonyl (C=O) groups is 3. The molecule has 1 N–H and O–H groups in total. The summed E-state index contributed by atoms with van der Waals surface area (Å²) in [7, 11) is 1.60. The first-order valence-corrected chi connectivity index (χ1v) is 11.6. The van der Waals surface area contributed by atoms with E-state index in [0.717, 1.165) is 16.9 Å². The van der Waals surface area contributed by atoms with Crippen LogP contribution in [-0.2, 0) is 14.4 Å². The second-order valence-electron chi connectivity index (χ2n) is 8.91.